The Labute approximate surface area is 505 Å². The standard InChI is InChI=1S/C62H100O24/c1-29(2)30(3)21-45(65)82-44-27-43-58(9)17-16-37(22-36(58)15-18-61(43,70)62(71)20-19-60(69,35(8)64)59(44,62)10)80-46-23-38(72-11)53(31(4)76-46)83-47-24-39(73-12)54(32(5)77-47)84-48-25-40(74-13)55(33(6)78-48)85-49-26-41(75-14)56(34(7)79-49)86-57-52(68)51(67)50(66)42(28-63)81-57/h15,21,29,31-34,37-44,46-57,63,66-71H,16-20,22-28H2,1-14H3/b30-21+/t31-,32-,33-,34-,37+,38+,39-,40+,41+,42+,43-,44-,46+,47-,48+,49-,50+,51-,52+,53-,54+,55-,56-,57-,58+,59-,60-,61+,62-/m1/s1. The van der Waals surface area contributed by atoms with Gasteiger partial charge in [-0.1, -0.05) is 38.0 Å². The number of rotatable bonds is 19. The minimum absolute atomic E-state index is 0.0490. The number of esters is 1. The summed E-state index contributed by atoms with van der Waals surface area (Å²) >= 11 is 0. The molecule has 492 valence electrons. The summed E-state index contributed by atoms with van der Waals surface area (Å²) in [6.45, 7) is 17.6. The van der Waals surface area contributed by atoms with Gasteiger partial charge in [0.05, 0.1) is 67.0 Å². The molecule has 0 aromatic carbocycles. The molecule has 29 atom stereocenters. The van der Waals surface area contributed by atoms with Crippen LogP contribution in [0.25, 0.3) is 0 Å². The normalized spacial score (nSPS) is 50.0. The Bertz CT molecular complexity index is 2390. The first-order valence-electron chi connectivity index (χ1n) is 31.1. The lowest BCUT2D eigenvalue weighted by atomic mass is 9.42. The Hall–Kier alpha value is -2.22. The molecule has 24 nitrogen and oxygen atoms in total. The number of allylic oxidation sites excluding steroid dienone is 1. The van der Waals surface area contributed by atoms with Crippen LogP contribution in [0.1, 0.15) is 140 Å². The second kappa shape index (κ2) is 26.8. The van der Waals surface area contributed by atoms with Gasteiger partial charge in [0, 0.05) is 66.1 Å². The van der Waals surface area contributed by atoms with Crippen LogP contribution in [0.4, 0.5) is 0 Å². The first kappa shape index (κ1) is 68.2. The molecule has 0 aromatic heterocycles. The van der Waals surface area contributed by atoms with Crippen molar-refractivity contribution in [1.82, 2.24) is 0 Å². The molecule has 7 N–H and O–H groups in total. The van der Waals surface area contributed by atoms with E-state index in [1.165, 1.54) is 20.1 Å². The molecule has 0 spiro atoms. The maximum Gasteiger partial charge on any atom is 0.330 e. The minimum atomic E-state index is -2.04. The number of hydrogen-bond acceptors (Lipinski definition) is 24. The van der Waals surface area contributed by atoms with Crippen molar-refractivity contribution in [1.29, 1.82) is 0 Å². The first-order chi connectivity index (χ1) is 40.5. The molecule has 0 radical (unpaired) electrons. The van der Waals surface area contributed by atoms with E-state index in [0.29, 0.717) is 38.5 Å². The zero-order valence-corrected chi connectivity index (χ0v) is 52.6. The van der Waals surface area contributed by atoms with Crippen LogP contribution in [-0.4, -0.2) is 241 Å². The lowest BCUT2D eigenvalue weighted by molar-refractivity contribution is -0.358. The van der Waals surface area contributed by atoms with Crippen molar-refractivity contribution in [3.8, 4) is 0 Å². The zero-order valence-electron chi connectivity index (χ0n) is 52.6. The van der Waals surface area contributed by atoms with Gasteiger partial charge in [-0.05, 0) is 105 Å². The number of methoxy groups -OCH3 is 4. The molecule has 0 amide bonds. The Morgan fingerprint density at radius 3 is 1.55 bits per heavy atom. The maximum atomic E-state index is 13.6. The summed E-state index contributed by atoms with van der Waals surface area (Å²) in [5.74, 6) is -1.67. The van der Waals surface area contributed by atoms with Gasteiger partial charge in [0.15, 0.2) is 37.2 Å². The fourth-order valence-corrected chi connectivity index (χ4v) is 16.1. The van der Waals surface area contributed by atoms with Gasteiger partial charge in [-0.3, -0.25) is 4.79 Å². The summed E-state index contributed by atoms with van der Waals surface area (Å²) in [5, 5.41) is 79.0. The SMILES string of the molecule is CO[C@H]1C[C@H](O[C@H]2CC[C@@]3(C)C(=CC[C@]4(O)[C@@H]3C[C@@H](OC(=O)/C=C(\C)C(C)C)[C@@]3(C)[C@]4(O)CC[C@@]3(O)C(C)=O)C2)O[C@H](C)[C@H]1O[C@@H]1C[C@@H](OC)[C@@H](O[C@H]2C[C@H](OC)[C@H](O[C@@H]3C[C@H](OC)[C@H](O[C@H]4O[C@@H](CO)[C@H](O)[C@@H](O)[C@@H]4O)[C@@H](C)O3)[C@@H](C)O2)[C@@H](C)O1. The molecule has 0 unspecified atom stereocenters. The number of fused-ring (bicyclic) bond motifs is 5. The van der Waals surface area contributed by atoms with E-state index < -0.39 is 187 Å². The molecule has 5 aliphatic heterocycles. The average Bonchev–Trinajstić information content (AvgIpc) is 1.34. The second-order valence-corrected chi connectivity index (χ2v) is 26.7. The molecule has 24 heteroatoms. The van der Waals surface area contributed by atoms with Gasteiger partial charge in [-0.2, -0.15) is 0 Å². The van der Waals surface area contributed by atoms with Gasteiger partial charge in [-0.25, -0.2) is 4.79 Å². The number of Topliss-reactive ketones (excluding diaryl/α,β-unsaturated/α-hetero) is 1. The van der Waals surface area contributed by atoms with E-state index >= 15 is 0 Å². The highest BCUT2D eigenvalue weighted by Gasteiger charge is 2.81. The van der Waals surface area contributed by atoms with Crippen LogP contribution < -0.4 is 0 Å². The van der Waals surface area contributed by atoms with Crippen LogP contribution >= 0.6 is 0 Å². The predicted molar refractivity (Wildman–Crippen MR) is 301 cm³/mol. The van der Waals surface area contributed by atoms with Crippen molar-refractivity contribution >= 4 is 11.8 Å². The number of carbonyl (C=O) groups excluding carboxylic acids is 2. The summed E-state index contributed by atoms with van der Waals surface area (Å²) in [4.78, 5) is 27.0. The van der Waals surface area contributed by atoms with E-state index in [4.69, 9.17) is 71.1 Å². The van der Waals surface area contributed by atoms with Crippen molar-refractivity contribution in [3.05, 3.63) is 23.3 Å². The van der Waals surface area contributed by atoms with E-state index in [-0.39, 0.29) is 44.1 Å². The Balaban J connectivity index is 0.779. The van der Waals surface area contributed by atoms with Crippen LogP contribution in [0.15, 0.2) is 23.3 Å². The summed E-state index contributed by atoms with van der Waals surface area (Å²) in [6, 6.07) is 0. The number of ether oxygens (including phenoxy) is 15. The quantitative estimate of drug-likeness (QED) is 0.0555. The van der Waals surface area contributed by atoms with Crippen molar-refractivity contribution in [2.45, 2.75) is 298 Å². The van der Waals surface area contributed by atoms with Crippen LogP contribution in [0.5, 0.6) is 0 Å². The highest BCUT2D eigenvalue weighted by Crippen LogP contribution is 2.71. The summed E-state index contributed by atoms with van der Waals surface area (Å²) in [5.41, 5.74) is -6.22. The smallest absolute Gasteiger partial charge is 0.330 e. The lowest BCUT2D eigenvalue weighted by Crippen LogP contribution is -2.78. The fourth-order valence-electron chi connectivity index (χ4n) is 16.1. The molecule has 86 heavy (non-hydrogen) atoms. The summed E-state index contributed by atoms with van der Waals surface area (Å²) in [7, 11) is 6.35. The van der Waals surface area contributed by atoms with Gasteiger partial charge < -0.3 is 107 Å². The predicted octanol–water partition coefficient (Wildman–Crippen LogP) is 2.95. The molecule has 5 heterocycles. The minimum Gasteiger partial charge on any atom is -0.458 e. The van der Waals surface area contributed by atoms with Crippen LogP contribution in [0.3, 0.4) is 0 Å². The first-order valence-corrected chi connectivity index (χ1v) is 31.1. The van der Waals surface area contributed by atoms with Gasteiger partial charge in [0.1, 0.15) is 71.7 Å². The van der Waals surface area contributed by atoms with Crippen molar-refractivity contribution in [3.63, 3.8) is 0 Å². The van der Waals surface area contributed by atoms with Crippen molar-refractivity contribution in [2.75, 3.05) is 35.0 Å². The third-order valence-electron chi connectivity index (χ3n) is 21.7. The molecule has 5 saturated heterocycles. The topological polar surface area (TPSA) is 314 Å². The van der Waals surface area contributed by atoms with E-state index in [2.05, 4.69) is 6.92 Å². The summed E-state index contributed by atoms with van der Waals surface area (Å²) in [6.07, 6.45) is -11.6. The highest BCUT2D eigenvalue weighted by molar-refractivity contribution is 5.87. The monoisotopic (exact) mass is 1230 g/mol. The van der Waals surface area contributed by atoms with Gasteiger partial charge in [-0.15, -0.1) is 0 Å². The van der Waals surface area contributed by atoms with E-state index in [9.17, 15) is 45.3 Å². The Morgan fingerprint density at radius 1 is 0.640 bits per heavy atom. The highest BCUT2D eigenvalue weighted by atomic mass is 16.8. The molecule has 0 aromatic rings. The number of hydrogen-bond donors (Lipinski definition) is 7. The van der Waals surface area contributed by atoms with Crippen molar-refractivity contribution < 1.29 is 116 Å². The van der Waals surface area contributed by atoms with Crippen LogP contribution in [-0.2, 0) is 80.6 Å². The van der Waals surface area contributed by atoms with Gasteiger partial charge >= 0.3 is 5.97 Å². The third-order valence-corrected chi connectivity index (χ3v) is 21.7. The molecule has 3 saturated carbocycles. The van der Waals surface area contributed by atoms with E-state index in [1.807, 2.05) is 47.6 Å². The van der Waals surface area contributed by atoms with Gasteiger partial charge in [0.2, 0.25) is 0 Å². The Morgan fingerprint density at radius 2 is 1.10 bits per heavy atom. The van der Waals surface area contributed by atoms with E-state index in [0.717, 1.165) is 11.1 Å². The molecule has 0 bridgehead atoms. The van der Waals surface area contributed by atoms with Crippen molar-refractivity contribution in [2.24, 2.45) is 22.7 Å². The molecule has 8 fully saturated rings. The zero-order chi connectivity index (χ0) is 62.7. The third kappa shape index (κ3) is 12.4. The van der Waals surface area contributed by atoms with E-state index in [1.54, 1.807) is 35.2 Å². The number of aliphatic hydroxyl groups excluding tert-OH is 4. The molecule has 9 rings (SSSR count). The van der Waals surface area contributed by atoms with Crippen LogP contribution in [0, 0.1) is 22.7 Å². The number of carbonyl (C=O) groups is 2. The molecule has 9 aliphatic rings. The fraction of sp³-hybridized carbons (Fsp3) is 0.903. The summed E-state index contributed by atoms with van der Waals surface area (Å²) < 4.78 is 94.3. The van der Waals surface area contributed by atoms with Crippen LogP contribution in [0.2, 0.25) is 0 Å². The second-order valence-electron chi connectivity index (χ2n) is 26.7. The number of aliphatic hydroxyl groups is 7. The Kier molecular flexibility index (Phi) is 21.2. The lowest BCUT2D eigenvalue weighted by Gasteiger charge is -2.67. The maximum absolute atomic E-state index is 13.6. The molecular formula is C62H100O24. The molecular weight excluding hydrogens is 1130 g/mol. The molecule has 4 aliphatic carbocycles. The average molecular weight is 1230 g/mol. The number of ketones is 1. The largest absolute Gasteiger partial charge is 0.458 e. The van der Waals surface area contributed by atoms with Gasteiger partial charge in [0.25, 0.3) is 0 Å².